The van der Waals surface area contributed by atoms with Crippen LogP contribution in [0, 0.1) is 5.82 Å². The molecule has 3 aromatic carbocycles. The summed E-state index contributed by atoms with van der Waals surface area (Å²) in [6, 6.07) is 22.4. The van der Waals surface area contributed by atoms with Crippen molar-refractivity contribution in [2.45, 2.75) is 19.2 Å². The largest absolute Gasteiger partial charge is 0.387 e. The van der Waals surface area contributed by atoms with Gasteiger partial charge in [-0.15, -0.1) is 0 Å². The molecule has 0 spiro atoms. The van der Waals surface area contributed by atoms with Crippen LogP contribution in [0.5, 0.6) is 0 Å². The first-order chi connectivity index (χ1) is 14.1. The van der Waals surface area contributed by atoms with Crippen LogP contribution in [0.2, 0.25) is 5.02 Å². The molecule has 1 aromatic heterocycles. The van der Waals surface area contributed by atoms with Gasteiger partial charge in [0.15, 0.2) is 0 Å². The van der Waals surface area contributed by atoms with Crippen molar-refractivity contribution >= 4 is 22.5 Å². The lowest BCUT2D eigenvalue weighted by Gasteiger charge is -2.12. The summed E-state index contributed by atoms with van der Waals surface area (Å²) < 4.78 is 16.3. The number of aliphatic hydroxyl groups excluding tert-OH is 1. The van der Waals surface area contributed by atoms with E-state index in [2.05, 4.69) is 11.4 Å². The summed E-state index contributed by atoms with van der Waals surface area (Å²) >= 11 is 6.22. The summed E-state index contributed by atoms with van der Waals surface area (Å²) in [6.45, 7) is 1.41. The van der Waals surface area contributed by atoms with Gasteiger partial charge in [0.25, 0.3) is 0 Å². The van der Waals surface area contributed by atoms with Gasteiger partial charge in [-0.25, -0.2) is 4.39 Å². The van der Waals surface area contributed by atoms with Crippen molar-refractivity contribution in [2.75, 3.05) is 6.54 Å². The summed E-state index contributed by atoms with van der Waals surface area (Å²) in [6.07, 6.45) is 1.46. The second kappa shape index (κ2) is 8.78. The normalized spacial score (nSPS) is 12.4. The Labute approximate surface area is 174 Å². The maximum atomic E-state index is 14.3. The quantitative estimate of drug-likeness (QED) is 0.435. The van der Waals surface area contributed by atoms with Gasteiger partial charge in [0.05, 0.1) is 12.6 Å². The summed E-state index contributed by atoms with van der Waals surface area (Å²) in [5.41, 5.74) is 3.48. The molecule has 3 nitrogen and oxygen atoms in total. The van der Waals surface area contributed by atoms with E-state index in [0.717, 1.165) is 22.0 Å². The first-order valence-corrected chi connectivity index (χ1v) is 9.94. The zero-order valence-electron chi connectivity index (χ0n) is 15.9. The van der Waals surface area contributed by atoms with Gasteiger partial charge in [0, 0.05) is 40.8 Å². The van der Waals surface area contributed by atoms with Crippen LogP contribution < -0.4 is 5.32 Å². The van der Waals surface area contributed by atoms with Crippen molar-refractivity contribution < 1.29 is 9.50 Å². The van der Waals surface area contributed by atoms with Crippen LogP contribution in [-0.4, -0.2) is 16.2 Å². The van der Waals surface area contributed by atoms with Crippen molar-refractivity contribution in [3.8, 4) is 0 Å². The number of nitrogens with one attached hydrogen (secondary N) is 1. The Morgan fingerprint density at radius 3 is 2.52 bits per heavy atom. The zero-order valence-corrected chi connectivity index (χ0v) is 16.6. The third-order valence-electron chi connectivity index (χ3n) is 5.10. The van der Waals surface area contributed by atoms with E-state index < -0.39 is 6.10 Å². The number of aromatic nitrogens is 1. The Bertz CT molecular complexity index is 1090. The summed E-state index contributed by atoms with van der Waals surface area (Å²) in [5, 5.41) is 15.2. The Kier molecular flexibility index (Phi) is 5.95. The molecule has 0 saturated heterocycles. The van der Waals surface area contributed by atoms with Crippen LogP contribution in [0.25, 0.3) is 10.9 Å². The Hall–Kier alpha value is -2.66. The van der Waals surface area contributed by atoms with Crippen molar-refractivity contribution in [1.82, 2.24) is 9.88 Å². The SMILES string of the molecule is O[C@H](CNCc1cn(Cc2c(F)cccc2Cl)c2ccccc12)c1ccccc1. The van der Waals surface area contributed by atoms with Crippen molar-refractivity contribution in [3.63, 3.8) is 0 Å². The highest BCUT2D eigenvalue weighted by atomic mass is 35.5. The number of hydrogen-bond acceptors (Lipinski definition) is 2. The summed E-state index contributed by atoms with van der Waals surface area (Å²) in [4.78, 5) is 0. The highest BCUT2D eigenvalue weighted by Crippen LogP contribution is 2.26. The van der Waals surface area contributed by atoms with Crippen LogP contribution in [0.3, 0.4) is 0 Å². The van der Waals surface area contributed by atoms with E-state index in [1.807, 2.05) is 59.3 Å². The highest BCUT2D eigenvalue weighted by molar-refractivity contribution is 6.31. The minimum absolute atomic E-state index is 0.305. The maximum absolute atomic E-state index is 14.3. The third-order valence-corrected chi connectivity index (χ3v) is 5.45. The predicted octanol–water partition coefficient (Wildman–Crippen LogP) is 5.31. The van der Waals surface area contributed by atoms with Gasteiger partial charge in [-0.3, -0.25) is 0 Å². The smallest absolute Gasteiger partial charge is 0.129 e. The highest BCUT2D eigenvalue weighted by Gasteiger charge is 2.13. The second-order valence-corrected chi connectivity index (χ2v) is 7.46. The number of hydrogen-bond donors (Lipinski definition) is 2. The second-order valence-electron chi connectivity index (χ2n) is 7.06. The van der Waals surface area contributed by atoms with E-state index in [-0.39, 0.29) is 5.82 Å². The molecule has 0 radical (unpaired) electrons. The molecule has 0 aliphatic rings. The summed E-state index contributed by atoms with van der Waals surface area (Å²) in [7, 11) is 0. The van der Waals surface area contributed by atoms with E-state index in [0.29, 0.717) is 30.2 Å². The zero-order chi connectivity index (χ0) is 20.2. The molecule has 0 bridgehead atoms. The van der Waals surface area contributed by atoms with E-state index in [4.69, 9.17) is 11.6 Å². The monoisotopic (exact) mass is 408 g/mol. The molecule has 0 unspecified atom stereocenters. The van der Waals surface area contributed by atoms with Crippen LogP contribution in [0.4, 0.5) is 4.39 Å². The van der Waals surface area contributed by atoms with Gasteiger partial charge in [0.2, 0.25) is 0 Å². The van der Waals surface area contributed by atoms with Crippen molar-refractivity contribution in [2.24, 2.45) is 0 Å². The molecule has 1 atom stereocenters. The third kappa shape index (κ3) is 4.35. The number of halogens is 2. The molecule has 0 aliphatic heterocycles. The number of nitrogens with zero attached hydrogens (tertiary/aromatic N) is 1. The lowest BCUT2D eigenvalue weighted by atomic mass is 10.1. The van der Waals surface area contributed by atoms with Crippen LogP contribution >= 0.6 is 11.6 Å². The molecule has 0 saturated carbocycles. The van der Waals surface area contributed by atoms with Crippen LogP contribution in [0.15, 0.2) is 79.0 Å². The number of rotatable bonds is 7. The first-order valence-electron chi connectivity index (χ1n) is 9.57. The maximum Gasteiger partial charge on any atom is 0.129 e. The van der Waals surface area contributed by atoms with Gasteiger partial charge in [-0.05, 0) is 29.3 Å². The Balaban J connectivity index is 1.53. The molecule has 4 rings (SSSR count). The number of benzene rings is 3. The van der Waals surface area contributed by atoms with E-state index >= 15 is 0 Å². The molecular formula is C24H22ClFN2O. The fourth-order valence-corrected chi connectivity index (χ4v) is 3.81. The minimum Gasteiger partial charge on any atom is -0.387 e. The minimum atomic E-state index is -0.568. The molecule has 29 heavy (non-hydrogen) atoms. The molecule has 2 N–H and O–H groups in total. The average Bonchev–Trinajstić information content (AvgIpc) is 3.09. The molecule has 5 heteroatoms. The molecule has 0 fully saturated rings. The topological polar surface area (TPSA) is 37.2 Å². The van der Waals surface area contributed by atoms with Gasteiger partial charge in [0.1, 0.15) is 5.82 Å². The molecule has 148 valence electrons. The van der Waals surface area contributed by atoms with Gasteiger partial charge in [-0.2, -0.15) is 0 Å². The Morgan fingerprint density at radius 2 is 1.72 bits per heavy atom. The number of aliphatic hydroxyl groups is 1. The molecule has 0 amide bonds. The summed E-state index contributed by atoms with van der Waals surface area (Å²) in [5.74, 6) is -0.305. The fraction of sp³-hybridized carbons (Fsp3) is 0.167. The first kappa shape index (κ1) is 19.6. The Morgan fingerprint density at radius 1 is 0.966 bits per heavy atom. The van der Waals surface area contributed by atoms with E-state index in [1.54, 1.807) is 12.1 Å². The van der Waals surface area contributed by atoms with Crippen molar-refractivity contribution in [3.05, 3.63) is 107 Å². The van der Waals surface area contributed by atoms with Gasteiger partial charge < -0.3 is 15.0 Å². The molecular weight excluding hydrogens is 387 g/mol. The van der Waals surface area contributed by atoms with E-state index in [1.165, 1.54) is 6.07 Å². The lowest BCUT2D eigenvalue weighted by Crippen LogP contribution is -2.20. The molecule has 0 aliphatic carbocycles. The molecule has 4 aromatic rings. The van der Waals surface area contributed by atoms with Crippen LogP contribution in [0.1, 0.15) is 22.8 Å². The number of para-hydroxylation sites is 1. The van der Waals surface area contributed by atoms with Crippen LogP contribution in [-0.2, 0) is 13.1 Å². The van der Waals surface area contributed by atoms with E-state index in [9.17, 15) is 9.50 Å². The van der Waals surface area contributed by atoms with Gasteiger partial charge in [-0.1, -0.05) is 66.2 Å². The van der Waals surface area contributed by atoms with Gasteiger partial charge >= 0.3 is 0 Å². The predicted molar refractivity (Wildman–Crippen MR) is 116 cm³/mol. The number of fused-ring (bicyclic) bond motifs is 1. The lowest BCUT2D eigenvalue weighted by molar-refractivity contribution is 0.174. The fourth-order valence-electron chi connectivity index (χ4n) is 3.58. The molecule has 1 heterocycles. The van der Waals surface area contributed by atoms with Crippen molar-refractivity contribution in [1.29, 1.82) is 0 Å². The standard InChI is InChI=1S/C24H22ClFN2O/c25-21-10-6-11-22(26)20(21)16-28-15-18(19-9-4-5-12-23(19)28)13-27-14-24(29)17-7-2-1-3-8-17/h1-12,15,24,27,29H,13-14,16H2/t24-/m1/s1. The average molecular weight is 409 g/mol.